The van der Waals surface area contributed by atoms with Crippen molar-refractivity contribution in [2.45, 2.75) is 55.9 Å². The summed E-state index contributed by atoms with van der Waals surface area (Å²) in [4.78, 5) is 113. The number of esters is 1. The van der Waals surface area contributed by atoms with Crippen molar-refractivity contribution in [1.29, 1.82) is 0 Å². The van der Waals surface area contributed by atoms with Crippen LogP contribution in [0.4, 0.5) is 16.2 Å². The van der Waals surface area contributed by atoms with Crippen LogP contribution in [-0.4, -0.2) is 91.2 Å². The van der Waals surface area contributed by atoms with Crippen LogP contribution >= 0.6 is 29.4 Å². The number of aromatic nitrogens is 2. The number of carboxylic acids is 1. The maximum absolute atomic E-state index is 14.1. The summed E-state index contributed by atoms with van der Waals surface area (Å²) in [5.41, 5.74) is -0.452. The van der Waals surface area contributed by atoms with E-state index in [2.05, 4.69) is 15.2 Å². The number of carbonyl (C=O) groups excluding carboxylic acids is 4. The summed E-state index contributed by atoms with van der Waals surface area (Å²) in [7, 11) is -1.70. The first-order valence-electron chi connectivity index (χ1n) is 18.3. The zero-order valence-corrected chi connectivity index (χ0v) is 34.8. The highest BCUT2D eigenvalue weighted by Crippen LogP contribution is 2.44. The highest BCUT2D eigenvalue weighted by molar-refractivity contribution is 8.76. The van der Waals surface area contributed by atoms with Gasteiger partial charge in [-0.25, -0.2) is 19.1 Å². The molecule has 21 nitrogen and oxygen atoms in total. The van der Waals surface area contributed by atoms with Gasteiger partial charge in [-0.1, -0.05) is 46.7 Å². The van der Waals surface area contributed by atoms with E-state index in [0.29, 0.717) is 16.9 Å². The molecule has 0 saturated carbocycles. The molecule has 0 aliphatic carbocycles. The molecule has 2 aromatic heterocycles. The Kier molecular flexibility index (Phi) is 13.5. The van der Waals surface area contributed by atoms with Gasteiger partial charge in [0.05, 0.1) is 52.7 Å². The Labute approximate surface area is 352 Å². The SMILES string of the molecule is CCC1(OC(=O)N(C)c2cc([N+](=O)[O-])ccc2SSCC(NC(=O)CCC(=O)O)C(=O)NCCOP(=O)(O)O)C(=O)OCc2c1cc1n(c2=O)Cc2cc3ccccc3nc2-1. The van der Waals surface area contributed by atoms with E-state index in [1.807, 2.05) is 30.3 Å². The summed E-state index contributed by atoms with van der Waals surface area (Å²) >= 11 is 0. The molecule has 6 rings (SSSR count). The predicted octanol–water partition coefficient (Wildman–Crippen LogP) is 3.58. The van der Waals surface area contributed by atoms with Gasteiger partial charge < -0.3 is 39.6 Å². The zero-order valence-electron chi connectivity index (χ0n) is 32.2. The maximum Gasteiger partial charge on any atom is 0.469 e. The zero-order chi connectivity index (χ0) is 44.2. The highest BCUT2D eigenvalue weighted by atomic mass is 33.1. The molecular formula is C37H37N6O15PS2. The van der Waals surface area contributed by atoms with Gasteiger partial charge in [0.1, 0.15) is 12.6 Å². The van der Waals surface area contributed by atoms with Crippen molar-refractivity contribution < 1.29 is 62.4 Å². The van der Waals surface area contributed by atoms with Crippen molar-refractivity contribution in [2.24, 2.45) is 0 Å². The van der Waals surface area contributed by atoms with Crippen LogP contribution in [0.15, 0.2) is 64.3 Å². The molecule has 2 aromatic carbocycles. The number of cyclic esters (lactones) is 1. The van der Waals surface area contributed by atoms with E-state index in [4.69, 9.17) is 29.4 Å². The molecule has 4 aromatic rings. The summed E-state index contributed by atoms with van der Waals surface area (Å²) in [6.07, 6.45) is -2.31. The molecule has 2 aliphatic rings. The van der Waals surface area contributed by atoms with Crippen molar-refractivity contribution in [3.05, 3.63) is 91.8 Å². The summed E-state index contributed by atoms with van der Waals surface area (Å²) in [5, 5.41) is 26.5. The summed E-state index contributed by atoms with van der Waals surface area (Å²) in [6, 6.07) is 13.2. The van der Waals surface area contributed by atoms with Crippen LogP contribution in [-0.2, 0) is 56.5 Å². The van der Waals surface area contributed by atoms with Gasteiger partial charge in [0.15, 0.2) is 0 Å². The number of aliphatic carboxylic acids is 1. The summed E-state index contributed by atoms with van der Waals surface area (Å²) in [5.74, 6) is -3.99. The monoisotopic (exact) mass is 900 g/mol. The predicted molar refractivity (Wildman–Crippen MR) is 218 cm³/mol. The number of hydrogen-bond acceptors (Lipinski definition) is 15. The number of carbonyl (C=O) groups is 5. The number of anilines is 1. The number of rotatable bonds is 17. The molecule has 322 valence electrons. The number of carboxylic acid groups (broad SMARTS) is 1. The second kappa shape index (κ2) is 18.4. The van der Waals surface area contributed by atoms with Gasteiger partial charge in [0.25, 0.3) is 11.2 Å². The van der Waals surface area contributed by atoms with Crippen molar-refractivity contribution in [1.82, 2.24) is 20.2 Å². The smallest absolute Gasteiger partial charge is 0.469 e. The van der Waals surface area contributed by atoms with Crippen molar-refractivity contribution in [3.63, 3.8) is 0 Å². The molecule has 0 bridgehead atoms. The Morgan fingerprint density at radius 1 is 1.13 bits per heavy atom. The van der Waals surface area contributed by atoms with Crippen LogP contribution in [0.3, 0.4) is 0 Å². The third kappa shape index (κ3) is 9.87. The van der Waals surface area contributed by atoms with Gasteiger partial charge in [0, 0.05) is 59.3 Å². The Morgan fingerprint density at radius 3 is 2.59 bits per heavy atom. The number of phosphoric acid groups is 1. The lowest BCUT2D eigenvalue weighted by atomic mass is 9.85. The molecule has 61 heavy (non-hydrogen) atoms. The molecular weight excluding hydrogens is 864 g/mol. The number of ether oxygens (including phenoxy) is 2. The molecule has 0 radical (unpaired) electrons. The lowest BCUT2D eigenvalue weighted by molar-refractivity contribution is -0.384. The first-order valence-corrected chi connectivity index (χ1v) is 22.1. The quantitative estimate of drug-likeness (QED) is 0.0222. The number of nitro groups is 1. The van der Waals surface area contributed by atoms with E-state index in [9.17, 15) is 43.4 Å². The molecule has 2 atom stereocenters. The minimum atomic E-state index is -4.83. The fraction of sp³-hybridized carbons (Fsp3) is 0.324. The Balaban J connectivity index is 1.25. The van der Waals surface area contributed by atoms with Gasteiger partial charge in [-0.3, -0.25) is 38.7 Å². The topological polar surface area (TPSA) is 296 Å². The largest absolute Gasteiger partial charge is 0.481 e. The standard InChI is InChI=1S/C37H37N6O15PS2/c1-3-37(24-16-28-32-21(14-20-6-4-5-7-25(20)40-32)17-42(28)34(48)23(24)18-56-35(37)49)58-36(50)41(2)27-15-22(43(51)52)8-9-29(27)61-60-19-26(39-30(44)10-11-31(45)46)33(47)38-12-13-57-59(53,54)55/h4-9,14-16,26H,3,10-13,17-19H2,1-2H3,(H,38,47)(H,39,44)(H,45,46)(H2,53,54,55). The Morgan fingerprint density at radius 2 is 1.89 bits per heavy atom. The minimum absolute atomic E-state index is 0.0625. The minimum Gasteiger partial charge on any atom is -0.481 e. The number of non-ortho nitro benzene ring substituents is 1. The number of fused-ring (bicyclic) bond motifs is 5. The van der Waals surface area contributed by atoms with Crippen LogP contribution in [0.5, 0.6) is 0 Å². The lowest BCUT2D eigenvalue weighted by Crippen LogP contribution is -2.49. The number of benzene rings is 2. The number of pyridine rings is 2. The molecule has 2 aliphatic heterocycles. The van der Waals surface area contributed by atoms with E-state index < -0.39 is 84.9 Å². The van der Waals surface area contributed by atoms with Crippen LogP contribution in [0.25, 0.3) is 22.3 Å². The molecule has 2 unspecified atom stereocenters. The second-order valence-corrected chi connectivity index (χ2v) is 17.2. The number of nitrogens with one attached hydrogen (secondary N) is 2. The number of phosphoric ester groups is 1. The van der Waals surface area contributed by atoms with Gasteiger partial charge in [-0.15, -0.1) is 0 Å². The molecule has 0 saturated heterocycles. The highest BCUT2D eigenvalue weighted by Gasteiger charge is 2.51. The molecule has 0 spiro atoms. The Hall–Kier alpha value is -5.84. The summed E-state index contributed by atoms with van der Waals surface area (Å²) in [6.45, 7) is 0.468. The van der Waals surface area contributed by atoms with E-state index in [1.54, 1.807) is 13.0 Å². The Bertz CT molecular complexity index is 2570. The molecule has 3 amide bonds. The third-order valence-electron chi connectivity index (χ3n) is 9.70. The average molecular weight is 901 g/mol. The van der Waals surface area contributed by atoms with Crippen LogP contribution in [0.2, 0.25) is 0 Å². The fourth-order valence-electron chi connectivity index (χ4n) is 6.65. The average Bonchev–Trinajstić information content (AvgIpc) is 3.58. The van der Waals surface area contributed by atoms with E-state index in [-0.39, 0.29) is 53.6 Å². The molecule has 24 heteroatoms. The van der Waals surface area contributed by atoms with Gasteiger partial charge in [-0.05, 0) is 30.7 Å². The number of nitrogens with zero attached hydrogens (tertiary/aromatic N) is 4. The number of hydrogen-bond donors (Lipinski definition) is 5. The van der Waals surface area contributed by atoms with Gasteiger partial charge >= 0.3 is 25.9 Å². The van der Waals surface area contributed by atoms with E-state index in [0.717, 1.165) is 49.6 Å². The summed E-state index contributed by atoms with van der Waals surface area (Å²) < 4.78 is 28.3. The molecule has 4 heterocycles. The number of para-hydroxylation sites is 1. The van der Waals surface area contributed by atoms with Crippen LogP contribution < -0.4 is 21.1 Å². The maximum atomic E-state index is 14.1. The second-order valence-electron chi connectivity index (χ2n) is 13.6. The van der Waals surface area contributed by atoms with Gasteiger partial charge in [0.2, 0.25) is 17.4 Å². The third-order valence-corrected chi connectivity index (χ3v) is 12.6. The molecule has 0 fully saturated rings. The first kappa shape index (κ1) is 44.7. The molecule has 5 N–H and O–H groups in total. The number of nitro benzene ring substituents is 1. The normalized spacial score (nSPS) is 15.8. The van der Waals surface area contributed by atoms with Gasteiger partial charge in [-0.2, -0.15) is 0 Å². The van der Waals surface area contributed by atoms with E-state index >= 15 is 0 Å². The van der Waals surface area contributed by atoms with Crippen molar-refractivity contribution in [2.75, 3.05) is 30.9 Å². The van der Waals surface area contributed by atoms with Crippen LogP contribution in [0.1, 0.15) is 42.9 Å². The van der Waals surface area contributed by atoms with E-state index in [1.165, 1.54) is 17.7 Å². The fourth-order valence-corrected chi connectivity index (χ4v) is 9.36. The van der Waals surface area contributed by atoms with Crippen molar-refractivity contribution in [3.8, 4) is 11.4 Å². The first-order chi connectivity index (χ1) is 28.9. The lowest BCUT2D eigenvalue weighted by Gasteiger charge is -2.36. The van der Waals surface area contributed by atoms with Crippen molar-refractivity contribution >= 4 is 81.5 Å². The van der Waals surface area contributed by atoms with Crippen LogP contribution in [0, 0.1) is 10.1 Å². The number of amides is 3.